The van der Waals surface area contributed by atoms with Crippen LogP contribution < -0.4 is 0 Å². The standard InChI is InChI=1S/C12H26N2OSi/c1-13-7-9-14(10-8-13)12(15)6-5-11-16(2,3)4/h5-11H2,1-4H3. The maximum absolute atomic E-state index is 11.9. The van der Waals surface area contributed by atoms with Crippen molar-refractivity contribution in [2.24, 2.45) is 0 Å². The van der Waals surface area contributed by atoms with Gasteiger partial charge in [-0.15, -0.1) is 0 Å². The van der Waals surface area contributed by atoms with Crippen LogP contribution in [0.25, 0.3) is 0 Å². The molecule has 0 N–H and O–H groups in total. The van der Waals surface area contributed by atoms with E-state index in [2.05, 4.69) is 31.6 Å². The number of rotatable bonds is 4. The molecule has 0 radical (unpaired) electrons. The minimum absolute atomic E-state index is 0.367. The molecule has 0 aromatic carbocycles. The van der Waals surface area contributed by atoms with Crippen molar-refractivity contribution in [2.45, 2.75) is 38.5 Å². The third-order valence-corrected chi connectivity index (χ3v) is 5.03. The molecule has 0 aliphatic carbocycles. The third-order valence-electron chi connectivity index (χ3n) is 3.17. The van der Waals surface area contributed by atoms with Gasteiger partial charge in [-0.2, -0.15) is 0 Å². The number of piperazine rings is 1. The molecule has 4 heteroatoms. The molecular formula is C12H26N2OSi. The maximum atomic E-state index is 11.9. The SMILES string of the molecule is CN1CCN(C(=O)CCC[Si](C)(C)C)CC1. The monoisotopic (exact) mass is 242 g/mol. The molecule has 0 atom stereocenters. The summed E-state index contributed by atoms with van der Waals surface area (Å²) in [6, 6.07) is 1.27. The topological polar surface area (TPSA) is 23.6 Å². The maximum Gasteiger partial charge on any atom is 0.222 e. The molecular weight excluding hydrogens is 216 g/mol. The van der Waals surface area contributed by atoms with Crippen LogP contribution in [-0.4, -0.2) is 57.0 Å². The Balaban J connectivity index is 2.20. The van der Waals surface area contributed by atoms with Crippen LogP contribution in [0.4, 0.5) is 0 Å². The van der Waals surface area contributed by atoms with E-state index in [0.29, 0.717) is 5.91 Å². The van der Waals surface area contributed by atoms with E-state index in [1.807, 2.05) is 4.90 Å². The van der Waals surface area contributed by atoms with Crippen LogP contribution in [0, 0.1) is 0 Å². The summed E-state index contributed by atoms with van der Waals surface area (Å²) in [5.41, 5.74) is 0. The molecule has 0 bridgehead atoms. The largest absolute Gasteiger partial charge is 0.340 e. The van der Waals surface area contributed by atoms with Gasteiger partial charge in [-0.05, 0) is 13.5 Å². The van der Waals surface area contributed by atoms with Crippen molar-refractivity contribution in [1.82, 2.24) is 9.80 Å². The van der Waals surface area contributed by atoms with E-state index in [4.69, 9.17) is 0 Å². The van der Waals surface area contributed by atoms with Crippen molar-refractivity contribution in [2.75, 3.05) is 33.2 Å². The second kappa shape index (κ2) is 5.82. The lowest BCUT2D eigenvalue weighted by atomic mass is 10.2. The zero-order chi connectivity index (χ0) is 12.2. The summed E-state index contributed by atoms with van der Waals surface area (Å²) in [5.74, 6) is 0.367. The van der Waals surface area contributed by atoms with E-state index in [1.54, 1.807) is 0 Å². The number of likely N-dealkylation sites (N-methyl/N-ethyl adjacent to an activating group) is 1. The lowest BCUT2D eigenvalue weighted by Gasteiger charge is -2.32. The lowest BCUT2D eigenvalue weighted by molar-refractivity contribution is -0.132. The zero-order valence-corrected chi connectivity index (χ0v) is 12.3. The Labute approximate surface area is 101 Å². The average Bonchev–Trinajstić information content (AvgIpc) is 2.16. The number of hydrogen-bond acceptors (Lipinski definition) is 2. The summed E-state index contributed by atoms with van der Waals surface area (Å²) in [6.07, 6.45) is 1.84. The van der Waals surface area contributed by atoms with Crippen molar-refractivity contribution < 1.29 is 4.79 Å². The van der Waals surface area contributed by atoms with E-state index in [0.717, 1.165) is 39.0 Å². The van der Waals surface area contributed by atoms with Gasteiger partial charge in [0.1, 0.15) is 0 Å². The number of nitrogens with zero attached hydrogens (tertiary/aromatic N) is 2. The molecule has 1 amide bonds. The fraction of sp³-hybridized carbons (Fsp3) is 0.917. The molecule has 0 unspecified atom stereocenters. The Morgan fingerprint density at radius 2 is 1.69 bits per heavy atom. The van der Waals surface area contributed by atoms with Crippen molar-refractivity contribution in [3.8, 4) is 0 Å². The highest BCUT2D eigenvalue weighted by Crippen LogP contribution is 2.14. The summed E-state index contributed by atoms with van der Waals surface area (Å²) < 4.78 is 0. The molecule has 0 saturated carbocycles. The summed E-state index contributed by atoms with van der Waals surface area (Å²) in [7, 11) is 1.15. The Morgan fingerprint density at radius 3 is 2.19 bits per heavy atom. The fourth-order valence-corrected chi connectivity index (χ4v) is 3.22. The van der Waals surface area contributed by atoms with E-state index in [1.165, 1.54) is 6.04 Å². The molecule has 1 fully saturated rings. The van der Waals surface area contributed by atoms with Gasteiger partial charge in [-0.1, -0.05) is 25.7 Å². The number of carbonyl (C=O) groups excluding carboxylic acids is 1. The fourth-order valence-electron chi connectivity index (χ4n) is 1.98. The Hall–Kier alpha value is -0.353. The molecule has 3 nitrogen and oxygen atoms in total. The molecule has 94 valence electrons. The first-order valence-electron chi connectivity index (χ1n) is 6.35. The quantitative estimate of drug-likeness (QED) is 0.703. The Morgan fingerprint density at radius 1 is 1.12 bits per heavy atom. The molecule has 1 heterocycles. The van der Waals surface area contributed by atoms with E-state index >= 15 is 0 Å². The van der Waals surface area contributed by atoms with E-state index < -0.39 is 8.07 Å². The van der Waals surface area contributed by atoms with Crippen LogP contribution in [0.1, 0.15) is 12.8 Å². The van der Waals surface area contributed by atoms with E-state index in [-0.39, 0.29) is 0 Å². The zero-order valence-electron chi connectivity index (χ0n) is 11.3. The first-order valence-corrected chi connectivity index (χ1v) is 10.1. The average molecular weight is 242 g/mol. The highest BCUT2D eigenvalue weighted by atomic mass is 28.3. The second-order valence-electron chi connectivity index (χ2n) is 6.10. The van der Waals surface area contributed by atoms with Crippen molar-refractivity contribution in [1.29, 1.82) is 0 Å². The first kappa shape index (κ1) is 13.7. The van der Waals surface area contributed by atoms with E-state index in [9.17, 15) is 4.79 Å². The van der Waals surface area contributed by atoms with Crippen molar-refractivity contribution in [3.63, 3.8) is 0 Å². The summed E-state index contributed by atoms with van der Waals surface area (Å²) in [4.78, 5) is 16.2. The van der Waals surface area contributed by atoms with Crippen LogP contribution in [0.2, 0.25) is 25.7 Å². The van der Waals surface area contributed by atoms with Gasteiger partial charge in [-0.3, -0.25) is 4.79 Å². The third kappa shape index (κ3) is 5.12. The van der Waals surface area contributed by atoms with Gasteiger partial charge in [-0.25, -0.2) is 0 Å². The highest BCUT2D eigenvalue weighted by Gasteiger charge is 2.19. The highest BCUT2D eigenvalue weighted by molar-refractivity contribution is 6.76. The predicted molar refractivity (Wildman–Crippen MR) is 71.5 cm³/mol. The molecule has 0 spiro atoms. The Kier molecular flexibility index (Phi) is 4.99. The smallest absolute Gasteiger partial charge is 0.222 e. The predicted octanol–water partition coefficient (Wildman–Crippen LogP) is 1.88. The summed E-state index contributed by atoms with van der Waals surface area (Å²) >= 11 is 0. The molecule has 0 aromatic rings. The van der Waals surface area contributed by atoms with Gasteiger partial charge < -0.3 is 9.80 Å². The van der Waals surface area contributed by atoms with Gasteiger partial charge in [0, 0.05) is 40.7 Å². The molecule has 1 rings (SSSR count). The van der Waals surface area contributed by atoms with Crippen LogP contribution in [0.15, 0.2) is 0 Å². The molecule has 16 heavy (non-hydrogen) atoms. The van der Waals surface area contributed by atoms with Crippen molar-refractivity contribution >= 4 is 14.0 Å². The summed E-state index contributed by atoms with van der Waals surface area (Å²) in [6.45, 7) is 11.0. The van der Waals surface area contributed by atoms with Gasteiger partial charge in [0.05, 0.1) is 0 Å². The van der Waals surface area contributed by atoms with Gasteiger partial charge in [0.2, 0.25) is 5.91 Å². The number of amides is 1. The van der Waals surface area contributed by atoms with Crippen LogP contribution in [-0.2, 0) is 4.79 Å². The molecule has 1 aliphatic heterocycles. The minimum Gasteiger partial charge on any atom is -0.340 e. The molecule has 1 saturated heterocycles. The van der Waals surface area contributed by atoms with Crippen molar-refractivity contribution in [3.05, 3.63) is 0 Å². The summed E-state index contributed by atoms with van der Waals surface area (Å²) in [5, 5.41) is 0. The first-order chi connectivity index (χ1) is 7.38. The Bertz CT molecular complexity index is 230. The normalized spacial score (nSPS) is 18.9. The van der Waals surface area contributed by atoms with Gasteiger partial charge in [0.15, 0.2) is 0 Å². The minimum atomic E-state index is -0.964. The van der Waals surface area contributed by atoms with Crippen LogP contribution in [0.3, 0.4) is 0 Å². The number of carbonyl (C=O) groups is 1. The second-order valence-corrected chi connectivity index (χ2v) is 11.7. The molecule has 1 aliphatic rings. The number of hydrogen-bond donors (Lipinski definition) is 0. The van der Waals surface area contributed by atoms with Crippen LogP contribution in [0.5, 0.6) is 0 Å². The van der Waals surface area contributed by atoms with Crippen LogP contribution >= 0.6 is 0 Å². The van der Waals surface area contributed by atoms with Gasteiger partial charge in [0.25, 0.3) is 0 Å². The molecule has 0 aromatic heterocycles. The lowest BCUT2D eigenvalue weighted by Crippen LogP contribution is -2.47. The van der Waals surface area contributed by atoms with Gasteiger partial charge >= 0.3 is 0 Å².